The number of nitrogens with zero attached hydrogens (tertiary/aromatic N) is 2. The van der Waals surface area contributed by atoms with Gasteiger partial charge in [-0.25, -0.2) is 4.98 Å². The van der Waals surface area contributed by atoms with E-state index in [1.165, 1.54) is 0 Å². The van der Waals surface area contributed by atoms with Crippen LogP contribution in [-0.4, -0.2) is 21.3 Å². The van der Waals surface area contributed by atoms with Crippen LogP contribution in [0.4, 0.5) is 0 Å². The highest BCUT2D eigenvalue weighted by atomic mass is 35.5. The summed E-state index contributed by atoms with van der Waals surface area (Å²) in [6.45, 7) is 0.606. The molecule has 0 saturated carbocycles. The Morgan fingerprint density at radius 2 is 2.56 bits per heavy atom. The van der Waals surface area contributed by atoms with Crippen LogP contribution >= 0.6 is 11.6 Å². The molecule has 3 nitrogen and oxygen atoms in total. The van der Waals surface area contributed by atoms with Crippen molar-refractivity contribution in [2.24, 2.45) is 0 Å². The highest BCUT2D eigenvalue weighted by Gasteiger charge is 1.94. The normalized spacial score (nSPS) is 10.0. The molecular formula is C5H7ClN2O. The first kappa shape index (κ1) is 6.58. The molecule has 0 aromatic carbocycles. The first-order valence-corrected chi connectivity index (χ1v) is 3.00. The number of halogens is 1. The van der Waals surface area contributed by atoms with Gasteiger partial charge in [-0.3, -0.25) is 0 Å². The van der Waals surface area contributed by atoms with Gasteiger partial charge in [0.2, 0.25) is 5.28 Å². The minimum atomic E-state index is 0.0933. The van der Waals surface area contributed by atoms with Crippen molar-refractivity contribution >= 4 is 11.6 Å². The summed E-state index contributed by atoms with van der Waals surface area (Å²) in [6, 6.07) is 0. The summed E-state index contributed by atoms with van der Waals surface area (Å²) in [4.78, 5) is 3.75. The molecule has 0 amide bonds. The second-order valence-corrected chi connectivity index (χ2v) is 1.95. The smallest absolute Gasteiger partial charge is 0.202 e. The molecule has 0 fully saturated rings. The predicted octanol–water partition coefficient (Wildman–Crippen LogP) is 0.529. The standard InChI is InChI=1S/C5H7ClN2O/c6-5-7-1-2-8(5)3-4-9/h1-2,9H,3-4H2. The fourth-order valence-corrected chi connectivity index (χ4v) is 0.783. The van der Waals surface area contributed by atoms with Crippen LogP contribution in [0, 0.1) is 0 Å². The van der Waals surface area contributed by atoms with E-state index >= 15 is 0 Å². The van der Waals surface area contributed by atoms with Crippen molar-refractivity contribution in [1.29, 1.82) is 0 Å². The molecule has 0 atom stereocenters. The number of aliphatic hydroxyl groups is 1. The SMILES string of the molecule is OCCn1ccnc1Cl. The fraction of sp³-hybridized carbons (Fsp3) is 0.400. The lowest BCUT2D eigenvalue weighted by Gasteiger charge is -1.96. The average molecular weight is 147 g/mol. The summed E-state index contributed by atoms with van der Waals surface area (Å²) < 4.78 is 1.67. The number of aliphatic hydroxyl groups excluding tert-OH is 1. The maximum Gasteiger partial charge on any atom is 0.202 e. The van der Waals surface area contributed by atoms with E-state index in [-0.39, 0.29) is 6.61 Å². The summed E-state index contributed by atoms with van der Waals surface area (Å²) in [5.41, 5.74) is 0. The number of hydrogen-bond acceptors (Lipinski definition) is 2. The van der Waals surface area contributed by atoms with Gasteiger partial charge in [-0.05, 0) is 11.6 Å². The van der Waals surface area contributed by atoms with Gasteiger partial charge in [0.1, 0.15) is 0 Å². The van der Waals surface area contributed by atoms with Crippen LogP contribution in [0.25, 0.3) is 0 Å². The quantitative estimate of drug-likeness (QED) is 0.661. The van der Waals surface area contributed by atoms with Crippen LogP contribution in [0.3, 0.4) is 0 Å². The minimum Gasteiger partial charge on any atom is -0.395 e. The van der Waals surface area contributed by atoms with Crippen LogP contribution in [0.1, 0.15) is 0 Å². The van der Waals surface area contributed by atoms with Crippen molar-refractivity contribution in [2.75, 3.05) is 6.61 Å². The Hall–Kier alpha value is -0.540. The van der Waals surface area contributed by atoms with E-state index < -0.39 is 0 Å². The zero-order valence-electron chi connectivity index (χ0n) is 4.79. The second kappa shape index (κ2) is 2.85. The van der Waals surface area contributed by atoms with Gasteiger partial charge in [0.25, 0.3) is 0 Å². The summed E-state index contributed by atoms with van der Waals surface area (Å²) >= 11 is 5.56. The molecule has 4 heteroatoms. The topological polar surface area (TPSA) is 38.0 Å². The number of rotatable bonds is 2. The molecule has 1 aromatic rings. The third-order valence-corrected chi connectivity index (χ3v) is 1.32. The van der Waals surface area contributed by atoms with E-state index in [0.717, 1.165) is 0 Å². The predicted molar refractivity (Wildman–Crippen MR) is 34.3 cm³/mol. The molecule has 0 aliphatic rings. The van der Waals surface area contributed by atoms with E-state index in [4.69, 9.17) is 16.7 Å². The Bertz CT molecular complexity index is 187. The van der Waals surface area contributed by atoms with Crippen LogP contribution in [0.2, 0.25) is 5.28 Å². The summed E-state index contributed by atoms with van der Waals surface area (Å²) in [7, 11) is 0. The Balaban J connectivity index is 2.69. The molecule has 0 radical (unpaired) electrons. The monoisotopic (exact) mass is 146 g/mol. The first-order valence-electron chi connectivity index (χ1n) is 2.62. The van der Waals surface area contributed by atoms with E-state index in [1.807, 2.05) is 0 Å². The highest BCUT2D eigenvalue weighted by molar-refractivity contribution is 6.28. The van der Waals surface area contributed by atoms with Gasteiger partial charge < -0.3 is 9.67 Å². The Morgan fingerprint density at radius 3 is 3.00 bits per heavy atom. The number of aromatic nitrogens is 2. The third-order valence-electron chi connectivity index (χ3n) is 1.01. The van der Waals surface area contributed by atoms with Crippen LogP contribution in [-0.2, 0) is 6.54 Å². The fourth-order valence-electron chi connectivity index (χ4n) is 0.586. The molecule has 0 aliphatic carbocycles. The zero-order chi connectivity index (χ0) is 6.69. The molecule has 1 rings (SSSR count). The highest BCUT2D eigenvalue weighted by Crippen LogP contribution is 2.02. The van der Waals surface area contributed by atoms with Crippen molar-refractivity contribution in [3.8, 4) is 0 Å². The van der Waals surface area contributed by atoms with E-state index in [0.29, 0.717) is 11.8 Å². The van der Waals surface area contributed by atoms with Crippen LogP contribution in [0.15, 0.2) is 12.4 Å². The molecule has 1 heterocycles. The van der Waals surface area contributed by atoms with Crippen molar-refractivity contribution in [3.05, 3.63) is 17.7 Å². The summed E-state index contributed by atoms with van der Waals surface area (Å²) in [5.74, 6) is 0. The van der Waals surface area contributed by atoms with Gasteiger partial charge in [0, 0.05) is 18.9 Å². The minimum absolute atomic E-state index is 0.0933. The zero-order valence-corrected chi connectivity index (χ0v) is 5.54. The lowest BCUT2D eigenvalue weighted by molar-refractivity contribution is 0.276. The molecule has 1 N–H and O–H groups in total. The molecule has 0 saturated heterocycles. The van der Waals surface area contributed by atoms with Gasteiger partial charge in [-0.15, -0.1) is 0 Å². The van der Waals surface area contributed by atoms with Gasteiger partial charge in [0.05, 0.1) is 6.61 Å². The molecule has 50 valence electrons. The maximum absolute atomic E-state index is 8.46. The van der Waals surface area contributed by atoms with Crippen LogP contribution < -0.4 is 0 Å². The van der Waals surface area contributed by atoms with Gasteiger partial charge in [-0.2, -0.15) is 0 Å². The van der Waals surface area contributed by atoms with E-state index in [1.54, 1.807) is 17.0 Å². The molecule has 9 heavy (non-hydrogen) atoms. The van der Waals surface area contributed by atoms with Crippen molar-refractivity contribution in [3.63, 3.8) is 0 Å². The van der Waals surface area contributed by atoms with Crippen molar-refractivity contribution in [1.82, 2.24) is 9.55 Å². The second-order valence-electron chi connectivity index (χ2n) is 1.61. The molecule has 0 unspecified atom stereocenters. The first-order chi connectivity index (χ1) is 4.34. The molecular weight excluding hydrogens is 140 g/mol. The third kappa shape index (κ3) is 1.43. The Labute approximate surface area is 57.9 Å². The molecule has 0 bridgehead atoms. The molecule has 1 aromatic heterocycles. The summed E-state index contributed by atoms with van der Waals surface area (Å²) in [6.07, 6.45) is 3.32. The molecule has 0 aliphatic heterocycles. The van der Waals surface area contributed by atoms with Crippen molar-refractivity contribution < 1.29 is 5.11 Å². The van der Waals surface area contributed by atoms with Gasteiger partial charge in [-0.1, -0.05) is 0 Å². The van der Waals surface area contributed by atoms with Crippen molar-refractivity contribution in [2.45, 2.75) is 6.54 Å². The van der Waals surface area contributed by atoms with Crippen LogP contribution in [0.5, 0.6) is 0 Å². The Kier molecular flexibility index (Phi) is 2.08. The maximum atomic E-state index is 8.46. The van der Waals surface area contributed by atoms with E-state index in [9.17, 15) is 0 Å². The lowest BCUT2D eigenvalue weighted by atomic mass is 10.7. The summed E-state index contributed by atoms with van der Waals surface area (Å²) in [5, 5.41) is 8.88. The largest absolute Gasteiger partial charge is 0.395 e. The number of hydrogen-bond donors (Lipinski definition) is 1. The Morgan fingerprint density at radius 1 is 1.78 bits per heavy atom. The molecule has 0 spiro atoms. The average Bonchev–Trinajstić information content (AvgIpc) is 2.18. The van der Waals surface area contributed by atoms with Gasteiger partial charge >= 0.3 is 0 Å². The number of imidazole rings is 1. The van der Waals surface area contributed by atoms with Gasteiger partial charge in [0.15, 0.2) is 0 Å². The van der Waals surface area contributed by atoms with E-state index in [2.05, 4.69) is 4.98 Å². The lowest BCUT2D eigenvalue weighted by Crippen LogP contribution is -1.99.